The van der Waals surface area contributed by atoms with Gasteiger partial charge in [-0.1, -0.05) is 39.3 Å². The Kier molecular flexibility index (Phi) is 9.32. The summed E-state index contributed by atoms with van der Waals surface area (Å²) in [5.41, 5.74) is 3.61. The van der Waals surface area contributed by atoms with Crippen LogP contribution in [-0.4, -0.2) is 17.7 Å². The molecule has 0 fully saturated rings. The van der Waals surface area contributed by atoms with Crippen molar-refractivity contribution in [3.05, 3.63) is 35.4 Å². The van der Waals surface area contributed by atoms with Gasteiger partial charge in [0.25, 0.3) is 0 Å². The lowest BCUT2D eigenvalue weighted by Crippen LogP contribution is -2.26. The van der Waals surface area contributed by atoms with Gasteiger partial charge in [0, 0.05) is 6.42 Å². The highest BCUT2D eigenvalue weighted by molar-refractivity contribution is 5.82. The van der Waals surface area contributed by atoms with Crippen LogP contribution in [-0.2, 0) is 9.59 Å². The minimum atomic E-state index is -0.580. The van der Waals surface area contributed by atoms with Crippen LogP contribution in [0.15, 0.2) is 18.7 Å². The lowest BCUT2D eigenvalue weighted by molar-refractivity contribution is -0.124. The van der Waals surface area contributed by atoms with Crippen LogP contribution in [0.5, 0.6) is 5.75 Å². The summed E-state index contributed by atoms with van der Waals surface area (Å²) in [5, 5.41) is 0. The van der Waals surface area contributed by atoms with Crippen LogP contribution < -0.4 is 4.74 Å². The lowest BCUT2D eigenvalue weighted by atomic mass is 9.84. The average molecular weight is 359 g/mol. The number of ketones is 2. The number of benzene rings is 1. The molecule has 1 aromatic carbocycles. The molecule has 26 heavy (non-hydrogen) atoms. The molecule has 0 amide bonds. The molecule has 1 aromatic rings. The Morgan fingerprint density at radius 2 is 1.73 bits per heavy atom. The first-order valence-electron chi connectivity index (χ1n) is 9.77. The van der Waals surface area contributed by atoms with E-state index in [9.17, 15) is 9.59 Å². The second-order valence-electron chi connectivity index (χ2n) is 7.18. The fourth-order valence-corrected chi connectivity index (χ4v) is 3.56. The molecule has 0 aromatic heterocycles. The fraction of sp³-hybridized carbons (Fsp3) is 0.565. The number of hydrogen-bond donors (Lipinski definition) is 0. The summed E-state index contributed by atoms with van der Waals surface area (Å²) in [5.74, 6) is 1.22. The molecule has 0 aliphatic carbocycles. The molecule has 0 bridgehead atoms. The van der Waals surface area contributed by atoms with Crippen molar-refractivity contribution in [2.45, 2.75) is 85.2 Å². The zero-order chi connectivity index (χ0) is 19.7. The van der Waals surface area contributed by atoms with E-state index in [1.54, 1.807) is 0 Å². The number of rotatable bonds is 12. The standard InChI is InChI=1S/C23H34O3/c1-7-10-20(11-8-2)23-16(4)14-21(15-19(23)9-3)26-22(18(6)25)13-12-17(5)24/h9,14-15,20,22H,3,7-8,10-13H2,1-2,4-6H3. The number of hydrogen-bond acceptors (Lipinski definition) is 3. The van der Waals surface area contributed by atoms with E-state index in [1.165, 1.54) is 25.0 Å². The Labute approximate surface area is 158 Å². The Morgan fingerprint density at radius 3 is 2.19 bits per heavy atom. The van der Waals surface area contributed by atoms with Crippen LogP contribution in [0.1, 0.15) is 88.8 Å². The predicted molar refractivity (Wildman–Crippen MR) is 109 cm³/mol. The van der Waals surface area contributed by atoms with E-state index in [4.69, 9.17) is 4.74 Å². The molecule has 0 N–H and O–H groups in total. The maximum absolute atomic E-state index is 11.9. The summed E-state index contributed by atoms with van der Waals surface area (Å²) in [6, 6.07) is 4.00. The van der Waals surface area contributed by atoms with Crippen molar-refractivity contribution >= 4 is 17.6 Å². The van der Waals surface area contributed by atoms with Crippen molar-refractivity contribution in [3.8, 4) is 5.75 Å². The first-order valence-corrected chi connectivity index (χ1v) is 9.77. The van der Waals surface area contributed by atoms with E-state index in [1.807, 2.05) is 18.2 Å². The Bertz CT molecular complexity index is 625. The number of aryl methyl sites for hydroxylation is 1. The molecule has 0 saturated carbocycles. The third kappa shape index (κ3) is 6.44. The van der Waals surface area contributed by atoms with E-state index in [-0.39, 0.29) is 11.6 Å². The highest BCUT2D eigenvalue weighted by Gasteiger charge is 2.20. The maximum Gasteiger partial charge on any atom is 0.170 e. The molecular formula is C23H34O3. The molecule has 1 rings (SSSR count). The molecule has 1 unspecified atom stereocenters. The molecule has 0 aliphatic heterocycles. The monoisotopic (exact) mass is 358 g/mol. The van der Waals surface area contributed by atoms with Gasteiger partial charge in [-0.25, -0.2) is 0 Å². The average Bonchev–Trinajstić information content (AvgIpc) is 2.57. The van der Waals surface area contributed by atoms with Crippen molar-refractivity contribution in [1.82, 2.24) is 0 Å². The van der Waals surface area contributed by atoms with Gasteiger partial charge in [0.1, 0.15) is 11.5 Å². The second-order valence-corrected chi connectivity index (χ2v) is 7.18. The van der Waals surface area contributed by atoms with Crippen molar-refractivity contribution in [1.29, 1.82) is 0 Å². The van der Waals surface area contributed by atoms with E-state index >= 15 is 0 Å². The number of ether oxygens (including phenoxy) is 1. The summed E-state index contributed by atoms with van der Waals surface area (Å²) in [6.07, 6.45) is 6.69. The normalized spacial score (nSPS) is 12.1. The Hall–Kier alpha value is -1.90. The predicted octanol–water partition coefficient (Wildman–Crippen LogP) is 6.03. The van der Waals surface area contributed by atoms with Gasteiger partial charge in [0.15, 0.2) is 11.9 Å². The van der Waals surface area contributed by atoms with Gasteiger partial charge in [-0.3, -0.25) is 4.79 Å². The molecule has 0 radical (unpaired) electrons. The molecule has 0 spiro atoms. The second kappa shape index (κ2) is 10.9. The van der Waals surface area contributed by atoms with Gasteiger partial charge in [0.05, 0.1) is 0 Å². The minimum Gasteiger partial charge on any atom is -0.483 e. The first-order chi connectivity index (χ1) is 12.3. The van der Waals surface area contributed by atoms with Crippen LogP contribution >= 0.6 is 0 Å². The zero-order valence-electron chi connectivity index (χ0n) is 17.1. The number of carbonyl (C=O) groups excluding carboxylic acids is 2. The maximum atomic E-state index is 11.9. The van der Waals surface area contributed by atoms with Gasteiger partial charge >= 0.3 is 0 Å². The van der Waals surface area contributed by atoms with Crippen molar-refractivity contribution in [2.24, 2.45) is 0 Å². The van der Waals surface area contributed by atoms with E-state index in [2.05, 4.69) is 27.4 Å². The molecule has 144 valence electrons. The number of Topliss-reactive ketones (excluding diaryl/α,β-unsaturated/α-hetero) is 2. The van der Waals surface area contributed by atoms with Crippen molar-refractivity contribution in [2.75, 3.05) is 0 Å². The topological polar surface area (TPSA) is 43.4 Å². The summed E-state index contributed by atoms with van der Waals surface area (Å²) in [4.78, 5) is 23.1. The molecule has 1 atom stereocenters. The highest BCUT2D eigenvalue weighted by Crippen LogP contribution is 2.35. The van der Waals surface area contributed by atoms with Crippen LogP contribution in [0.25, 0.3) is 6.08 Å². The van der Waals surface area contributed by atoms with Gasteiger partial charge in [-0.15, -0.1) is 0 Å². The molecule has 0 heterocycles. The van der Waals surface area contributed by atoms with E-state index in [0.29, 0.717) is 24.5 Å². The van der Waals surface area contributed by atoms with Crippen LogP contribution in [0, 0.1) is 6.92 Å². The van der Waals surface area contributed by atoms with Crippen LogP contribution in [0.3, 0.4) is 0 Å². The van der Waals surface area contributed by atoms with Gasteiger partial charge in [0.2, 0.25) is 0 Å². The molecule has 0 saturated heterocycles. The molecular weight excluding hydrogens is 324 g/mol. The third-order valence-corrected chi connectivity index (χ3v) is 4.79. The van der Waals surface area contributed by atoms with Crippen molar-refractivity contribution in [3.63, 3.8) is 0 Å². The van der Waals surface area contributed by atoms with Crippen LogP contribution in [0.2, 0.25) is 0 Å². The fourth-order valence-electron chi connectivity index (χ4n) is 3.56. The van der Waals surface area contributed by atoms with Gasteiger partial charge < -0.3 is 9.53 Å². The summed E-state index contributed by atoms with van der Waals surface area (Å²) in [6.45, 7) is 13.6. The minimum absolute atomic E-state index is 0.0528. The SMILES string of the molecule is C=Cc1cc(OC(CCC(C)=O)C(C)=O)cc(C)c1C(CCC)CCC. The molecule has 0 aliphatic rings. The summed E-state index contributed by atoms with van der Waals surface area (Å²) < 4.78 is 5.95. The Balaban J connectivity index is 3.15. The first kappa shape index (κ1) is 22.1. The summed E-state index contributed by atoms with van der Waals surface area (Å²) in [7, 11) is 0. The number of carbonyl (C=O) groups is 2. The third-order valence-electron chi connectivity index (χ3n) is 4.79. The zero-order valence-corrected chi connectivity index (χ0v) is 17.1. The highest BCUT2D eigenvalue weighted by atomic mass is 16.5. The van der Waals surface area contributed by atoms with Gasteiger partial charge in [-0.2, -0.15) is 0 Å². The van der Waals surface area contributed by atoms with E-state index in [0.717, 1.165) is 31.2 Å². The summed E-state index contributed by atoms with van der Waals surface area (Å²) >= 11 is 0. The van der Waals surface area contributed by atoms with Crippen LogP contribution in [0.4, 0.5) is 0 Å². The largest absolute Gasteiger partial charge is 0.483 e. The van der Waals surface area contributed by atoms with E-state index < -0.39 is 6.10 Å². The quantitative estimate of drug-likeness (QED) is 0.458. The smallest absolute Gasteiger partial charge is 0.170 e. The van der Waals surface area contributed by atoms with Crippen molar-refractivity contribution < 1.29 is 14.3 Å². The van der Waals surface area contributed by atoms with Gasteiger partial charge in [-0.05, 0) is 74.8 Å². The lowest BCUT2D eigenvalue weighted by Gasteiger charge is -2.23. The molecule has 3 heteroatoms. The molecule has 3 nitrogen and oxygen atoms in total. The Morgan fingerprint density at radius 1 is 1.12 bits per heavy atom.